The maximum absolute atomic E-state index is 2.53. The number of benzene rings is 12. The van der Waals surface area contributed by atoms with Crippen LogP contribution >= 0.6 is 0 Å². The molecule has 0 amide bonds. The maximum atomic E-state index is 2.53. The van der Waals surface area contributed by atoms with Gasteiger partial charge in [0.25, 0.3) is 0 Å². The number of fused-ring (bicyclic) bond motifs is 11. The minimum atomic E-state index is -0.289. The molecule has 3 aliphatic rings. The van der Waals surface area contributed by atoms with E-state index in [9.17, 15) is 0 Å². The average molecular weight is 998 g/mol. The van der Waals surface area contributed by atoms with Gasteiger partial charge in [-0.2, -0.15) is 0 Å². The van der Waals surface area contributed by atoms with E-state index in [0.29, 0.717) is 0 Å². The van der Waals surface area contributed by atoms with Gasteiger partial charge in [0.2, 0.25) is 0 Å². The fraction of sp³-hybridized carbons (Fsp3) is 0.117. The molecule has 12 aromatic carbocycles. The molecule has 372 valence electrons. The Morgan fingerprint density at radius 3 is 0.949 bits per heavy atom. The van der Waals surface area contributed by atoms with Crippen LogP contribution in [-0.2, 0) is 16.2 Å². The summed E-state index contributed by atoms with van der Waals surface area (Å²) in [6.07, 6.45) is 0. The summed E-state index contributed by atoms with van der Waals surface area (Å²) in [5.74, 6) is 0. The molecule has 0 fully saturated rings. The molecule has 0 aliphatic heterocycles. The summed E-state index contributed by atoms with van der Waals surface area (Å²) < 4.78 is 0. The zero-order valence-electron chi connectivity index (χ0n) is 45.1. The minimum absolute atomic E-state index is 0.134. The smallest absolute Gasteiger partial charge is 0.0465 e. The van der Waals surface area contributed by atoms with E-state index in [4.69, 9.17) is 0 Å². The van der Waals surface area contributed by atoms with Crippen molar-refractivity contribution >= 4 is 38.6 Å². The highest BCUT2D eigenvalue weighted by Gasteiger charge is 2.40. The van der Waals surface area contributed by atoms with Crippen molar-refractivity contribution < 1.29 is 0 Å². The van der Waals surface area contributed by atoms with Crippen molar-refractivity contribution in [1.29, 1.82) is 0 Å². The lowest BCUT2D eigenvalue weighted by Gasteiger charge is -2.31. The van der Waals surface area contributed by atoms with Crippen molar-refractivity contribution in [2.24, 2.45) is 0 Å². The Hall–Kier alpha value is -9.04. The second-order valence-electron chi connectivity index (χ2n) is 23.6. The van der Waals surface area contributed by atoms with Gasteiger partial charge < -0.3 is 4.90 Å². The Morgan fingerprint density at radius 2 is 0.526 bits per heavy atom. The quantitative estimate of drug-likeness (QED) is 0.144. The molecule has 0 radical (unpaired) electrons. The van der Waals surface area contributed by atoms with Gasteiger partial charge in [-0.15, -0.1) is 0 Å². The van der Waals surface area contributed by atoms with E-state index in [1.54, 1.807) is 0 Å². The summed E-state index contributed by atoms with van der Waals surface area (Å²) in [5, 5.41) is 5.01. The molecule has 78 heavy (non-hydrogen) atoms. The van der Waals surface area contributed by atoms with E-state index in [1.807, 2.05) is 0 Å². The second-order valence-corrected chi connectivity index (χ2v) is 23.6. The van der Waals surface area contributed by atoms with Crippen LogP contribution < -0.4 is 4.90 Å². The minimum Gasteiger partial charge on any atom is -0.310 e. The third-order valence-corrected chi connectivity index (χ3v) is 18.2. The number of hydrogen-bond donors (Lipinski definition) is 0. The van der Waals surface area contributed by atoms with Crippen LogP contribution in [0.15, 0.2) is 249 Å². The Morgan fingerprint density at radius 1 is 0.218 bits per heavy atom. The molecule has 12 aromatic rings. The van der Waals surface area contributed by atoms with Gasteiger partial charge in [-0.25, -0.2) is 0 Å². The second kappa shape index (κ2) is 17.0. The topological polar surface area (TPSA) is 3.24 Å². The Labute approximate surface area is 458 Å². The number of nitrogens with zero attached hydrogens (tertiary/aromatic N) is 1. The fourth-order valence-corrected chi connectivity index (χ4v) is 14.2. The van der Waals surface area contributed by atoms with E-state index in [1.165, 1.54) is 144 Å². The van der Waals surface area contributed by atoms with Gasteiger partial charge in [0.05, 0.1) is 0 Å². The van der Waals surface area contributed by atoms with Gasteiger partial charge in [-0.3, -0.25) is 0 Å². The van der Waals surface area contributed by atoms with Gasteiger partial charge >= 0.3 is 0 Å². The summed E-state index contributed by atoms with van der Waals surface area (Å²) in [6.45, 7) is 14.4. The molecule has 0 aromatic heterocycles. The highest BCUT2D eigenvalue weighted by atomic mass is 15.1. The molecule has 0 N–H and O–H groups in total. The van der Waals surface area contributed by atoms with Crippen LogP contribution in [0.5, 0.6) is 0 Å². The monoisotopic (exact) mass is 997 g/mol. The van der Waals surface area contributed by atoms with Gasteiger partial charge in [0, 0.05) is 33.3 Å². The first-order valence-electron chi connectivity index (χ1n) is 27.7. The van der Waals surface area contributed by atoms with Crippen molar-refractivity contribution in [2.75, 3.05) is 4.90 Å². The zero-order chi connectivity index (χ0) is 52.7. The molecular weight excluding hydrogens is 939 g/mol. The predicted molar refractivity (Wildman–Crippen MR) is 331 cm³/mol. The van der Waals surface area contributed by atoms with Gasteiger partial charge in [-0.05, 0) is 193 Å². The molecule has 15 rings (SSSR count). The van der Waals surface area contributed by atoms with E-state index in [2.05, 4.69) is 295 Å². The largest absolute Gasteiger partial charge is 0.310 e. The van der Waals surface area contributed by atoms with Crippen LogP contribution in [-0.4, -0.2) is 0 Å². The third-order valence-electron chi connectivity index (χ3n) is 18.2. The van der Waals surface area contributed by atoms with Gasteiger partial charge in [0.15, 0.2) is 0 Å². The van der Waals surface area contributed by atoms with Gasteiger partial charge in [0.1, 0.15) is 0 Å². The van der Waals surface area contributed by atoms with E-state index in [-0.39, 0.29) is 16.2 Å². The SMILES string of the molecule is CC1(C)c2ccccc2-c2ccc(N(c3ccc4c(c3)C(C)(C)c3ccccc3-4)c3ccc4c(c3)C(C)(C)c3cc(-c5c6ccccc6c(-c6cc(-c7ccccc7)cc(-c7ccccc7)c6)c6ccccc56)ccc3-4)cc21. The van der Waals surface area contributed by atoms with Crippen LogP contribution in [0, 0.1) is 0 Å². The number of hydrogen-bond acceptors (Lipinski definition) is 1. The standard InChI is InChI=1S/C77H59N/c1-75(2)67-31-19-17-25-57(67)60-38-34-54(45-70(60)75)78(55-35-39-61-58-26-18-20-32-68(58)76(3,4)71(61)46-55)56-36-40-62-59-37-33-50(44-69(59)77(5,6)72(62)47-56)73-63-27-13-15-29-65(63)74(66-30-16-14-28-64(66)73)53-42-51(48-21-9-7-10-22-48)41-52(43-53)49-23-11-8-12-24-49/h7-47H,1-6H3. The molecule has 0 saturated heterocycles. The van der Waals surface area contributed by atoms with Crippen LogP contribution in [0.1, 0.15) is 74.9 Å². The van der Waals surface area contributed by atoms with Crippen molar-refractivity contribution in [3.63, 3.8) is 0 Å². The fourth-order valence-electron chi connectivity index (χ4n) is 14.2. The summed E-state index contributed by atoms with van der Waals surface area (Å²) in [4.78, 5) is 2.53. The molecular formula is C77H59N. The molecule has 0 saturated carbocycles. The first-order valence-corrected chi connectivity index (χ1v) is 27.7. The lowest BCUT2D eigenvalue weighted by molar-refractivity contribution is 0.659. The molecule has 1 heteroatoms. The molecule has 0 unspecified atom stereocenters. The van der Waals surface area contributed by atoms with Crippen molar-refractivity contribution in [3.05, 3.63) is 282 Å². The number of rotatable bonds is 7. The highest BCUT2D eigenvalue weighted by molar-refractivity contribution is 6.22. The van der Waals surface area contributed by atoms with E-state index in [0.717, 1.165) is 5.69 Å². The lowest BCUT2D eigenvalue weighted by Crippen LogP contribution is -2.19. The summed E-state index contributed by atoms with van der Waals surface area (Å²) in [7, 11) is 0. The number of anilines is 3. The van der Waals surface area contributed by atoms with Crippen LogP contribution in [0.4, 0.5) is 17.1 Å². The first-order chi connectivity index (χ1) is 37.9. The van der Waals surface area contributed by atoms with Gasteiger partial charge in [-0.1, -0.05) is 230 Å². The third kappa shape index (κ3) is 6.80. The summed E-state index contributed by atoms with van der Waals surface area (Å²) in [6, 6.07) is 93.9. The molecule has 1 nitrogen and oxygen atoms in total. The molecule has 0 spiro atoms. The molecule has 0 atom stereocenters. The van der Waals surface area contributed by atoms with Crippen LogP contribution in [0.2, 0.25) is 0 Å². The Bertz CT molecular complexity index is 4230. The average Bonchev–Trinajstić information content (AvgIpc) is 4.17. The molecule has 3 aliphatic carbocycles. The molecule has 0 heterocycles. The first kappa shape index (κ1) is 46.3. The van der Waals surface area contributed by atoms with Crippen LogP contribution in [0.3, 0.4) is 0 Å². The zero-order valence-corrected chi connectivity index (χ0v) is 45.1. The van der Waals surface area contributed by atoms with Crippen LogP contribution in [0.25, 0.3) is 99.4 Å². The predicted octanol–water partition coefficient (Wildman–Crippen LogP) is 21.0. The normalized spacial score (nSPS) is 14.6. The maximum Gasteiger partial charge on any atom is 0.0465 e. The Kier molecular flexibility index (Phi) is 10.1. The lowest BCUT2D eigenvalue weighted by atomic mass is 9.80. The summed E-state index contributed by atoms with van der Waals surface area (Å²) in [5.41, 5.74) is 28.9. The van der Waals surface area contributed by atoms with E-state index < -0.39 is 0 Å². The highest BCUT2D eigenvalue weighted by Crippen LogP contribution is 2.56. The summed E-state index contributed by atoms with van der Waals surface area (Å²) >= 11 is 0. The van der Waals surface area contributed by atoms with Crippen molar-refractivity contribution in [1.82, 2.24) is 0 Å². The Balaban J connectivity index is 0.874. The van der Waals surface area contributed by atoms with E-state index >= 15 is 0 Å². The van der Waals surface area contributed by atoms with Crippen molar-refractivity contribution in [2.45, 2.75) is 57.8 Å². The van der Waals surface area contributed by atoms with Crippen molar-refractivity contribution in [3.8, 4) is 77.9 Å². The molecule has 0 bridgehead atoms.